The van der Waals surface area contributed by atoms with Gasteiger partial charge in [-0.2, -0.15) is 13.2 Å². The molecule has 1 aliphatic carbocycles. The van der Waals surface area contributed by atoms with Crippen LogP contribution in [0.3, 0.4) is 0 Å². The van der Waals surface area contributed by atoms with Crippen LogP contribution in [0, 0.1) is 5.41 Å². The fourth-order valence-electron chi connectivity index (χ4n) is 5.56. The van der Waals surface area contributed by atoms with Gasteiger partial charge in [0.2, 0.25) is 0 Å². The molecule has 0 spiro atoms. The number of benzene rings is 1. The molecule has 0 radical (unpaired) electrons. The van der Waals surface area contributed by atoms with Crippen LogP contribution in [-0.4, -0.2) is 36.0 Å². The predicted molar refractivity (Wildman–Crippen MR) is 121 cm³/mol. The lowest BCUT2D eigenvalue weighted by Crippen LogP contribution is -2.58. The summed E-state index contributed by atoms with van der Waals surface area (Å²) in [7, 11) is 0. The first-order chi connectivity index (χ1) is 15.2. The van der Waals surface area contributed by atoms with Crippen molar-refractivity contribution in [3.8, 4) is 0 Å². The largest absolute Gasteiger partial charge is 0.417 e. The van der Waals surface area contributed by atoms with Crippen molar-refractivity contribution in [2.75, 3.05) is 13.1 Å². The highest BCUT2D eigenvalue weighted by atomic mass is 35.5. The van der Waals surface area contributed by atoms with Crippen LogP contribution in [-0.2, 0) is 6.18 Å². The van der Waals surface area contributed by atoms with Gasteiger partial charge in [0.1, 0.15) is 0 Å². The van der Waals surface area contributed by atoms with Gasteiger partial charge in [-0.3, -0.25) is 9.69 Å². The first kappa shape index (κ1) is 23.7. The summed E-state index contributed by atoms with van der Waals surface area (Å²) >= 11 is 12.1. The number of carbonyl (C=O) groups is 1. The first-order valence-electron chi connectivity index (χ1n) is 11.2. The molecule has 3 aliphatic rings. The minimum atomic E-state index is -4.67. The summed E-state index contributed by atoms with van der Waals surface area (Å²) in [6.45, 7) is 1.36. The highest BCUT2D eigenvalue weighted by Crippen LogP contribution is 2.43. The Labute approximate surface area is 196 Å². The monoisotopic (exact) mass is 486 g/mol. The van der Waals surface area contributed by atoms with E-state index in [-0.39, 0.29) is 22.0 Å². The van der Waals surface area contributed by atoms with Gasteiger partial charge in [-0.05, 0) is 50.8 Å². The molecule has 8 heteroatoms. The Morgan fingerprint density at radius 1 is 1.12 bits per heavy atom. The van der Waals surface area contributed by atoms with Gasteiger partial charge in [-0.15, -0.1) is 0 Å². The van der Waals surface area contributed by atoms with Crippen LogP contribution >= 0.6 is 23.2 Å². The molecule has 174 valence electrons. The Morgan fingerprint density at radius 2 is 1.91 bits per heavy atom. The van der Waals surface area contributed by atoms with Gasteiger partial charge < -0.3 is 5.32 Å². The van der Waals surface area contributed by atoms with Crippen molar-refractivity contribution >= 4 is 29.1 Å². The van der Waals surface area contributed by atoms with E-state index in [1.807, 2.05) is 12.2 Å². The Kier molecular flexibility index (Phi) is 6.94. The molecule has 2 heterocycles. The maximum Gasteiger partial charge on any atom is 0.417 e. The van der Waals surface area contributed by atoms with Crippen LogP contribution in [0.15, 0.2) is 36.4 Å². The molecule has 1 amide bonds. The fourth-order valence-corrected chi connectivity index (χ4v) is 6.21. The van der Waals surface area contributed by atoms with E-state index in [0.717, 1.165) is 37.9 Å². The smallest absolute Gasteiger partial charge is 0.351 e. The summed E-state index contributed by atoms with van der Waals surface area (Å²) in [5.74, 6) is -0.681. The lowest BCUT2D eigenvalue weighted by molar-refractivity contribution is -0.137. The summed E-state index contributed by atoms with van der Waals surface area (Å²) in [5, 5.41) is 2.12. The second kappa shape index (κ2) is 9.40. The van der Waals surface area contributed by atoms with Crippen LogP contribution in [0.2, 0.25) is 10.0 Å². The Morgan fingerprint density at radius 3 is 2.62 bits per heavy atom. The Hall–Kier alpha value is -1.50. The second-order valence-corrected chi connectivity index (χ2v) is 9.81. The van der Waals surface area contributed by atoms with E-state index in [2.05, 4.69) is 22.4 Å². The van der Waals surface area contributed by atoms with Crippen molar-refractivity contribution in [1.82, 2.24) is 10.2 Å². The third kappa shape index (κ3) is 4.59. The number of nitrogens with zero attached hydrogens (tertiary/aromatic N) is 1. The van der Waals surface area contributed by atoms with Gasteiger partial charge in [0.25, 0.3) is 5.91 Å². The molecule has 1 aromatic rings. The first-order valence-corrected chi connectivity index (χ1v) is 11.9. The molecule has 2 aliphatic heterocycles. The molecule has 4 rings (SSSR count). The van der Waals surface area contributed by atoms with E-state index in [4.69, 9.17) is 23.2 Å². The molecule has 3 nitrogen and oxygen atoms in total. The Balaban J connectivity index is 1.58. The van der Waals surface area contributed by atoms with Crippen molar-refractivity contribution in [3.05, 3.63) is 57.6 Å². The topological polar surface area (TPSA) is 32.3 Å². The zero-order valence-corrected chi connectivity index (χ0v) is 19.2. The van der Waals surface area contributed by atoms with Crippen molar-refractivity contribution in [3.63, 3.8) is 0 Å². The standard InChI is InChI=1S/C24H27Cl2F3N2O/c25-18-11-10-17(24(27,28)29)21(26)20(18)22(32)30-15-23(12-3-1-4-13-23)19-9-6-8-16-7-2-5-14-31(16)19/h1,3-4,10-12,16,19H,2,5-9,13-15H2,(H,30,32). The number of hydrogen-bond acceptors (Lipinski definition) is 2. The minimum absolute atomic E-state index is 0.0950. The highest BCUT2D eigenvalue weighted by Gasteiger charge is 2.45. The second-order valence-electron chi connectivity index (χ2n) is 9.02. The third-order valence-corrected chi connectivity index (χ3v) is 7.83. The number of fused-ring (bicyclic) bond motifs is 1. The molecule has 1 N–H and O–H groups in total. The number of nitrogens with one attached hydrogen (secondary N) is 1. The number of allylic oxidation sites excluding steroid dienone is 3. The van der Waals surface area contributed by atoms with Crippen LogP contribution in [0.5, 0.6) is 0 Å². The van der Waals surface area contributed by atoms with E-state index in [1.165, 1.54) is 25.7 Å². The number of alkyl halides is 3. The minimum Gasteiger partial charge on any atom is -0.351 e. The molecular formula is C24H27Cl2F3N2O. The predicted octanol–water partition coefficient (Wildman–Crippen LogP) is 6.65. The molecular weight excluding hydrogens is 460 g/mol. The summed E-state index contributed by atoms with van der Waals surface area (Å²) < 4.78 is 39.8. The van der Waals surface area contributed by atoms with Crippen LogP contribution in [0.4, 0.5) is 13.2 Å². The molecule has 2 saturated heterocycles. The number of carbonyl (C=O) groups excluding carboxylic acids is 1. The van der Waals surface area contributed by atoms with Crippen LogP contribution in [0.1, 0.15) is 60.9 Å². The van der Waals surface area contributed by atoms with Gasteiger partial charge in [-0.25, -0.2) is 0 Å². The zero-order valence-electron chi connectivity index (χ0n) is 17.7. The summed E-state index contributed by atoms with van der Waals surface area (Å²) in [5.41, 5.74) is -1.71. The highest BCUT2D eigenvalue weighted by molar-refractivity contribution is 6.40. The van der Waals surface area contributed by atoms with Gasteiger partial charge in [-0.1, -0.05) is 60.3 Å². The van der Waals surface area contributed by atoms with Crippen molar-refractivity contribution in [2.24, 2.45) is 5.41 Å². The molecule has 0 saturated carbocycles. The van der Waals surface area contributed by atoms with Gasteiger partial charge in [0.05, 0.1) is 21.2 Å². The van der Waals surface area contributed by atoms with Gasteiger partial charge in [0, 0.05) is 24.0 Å². The van der Waals surface area contributed by atoms with E-state index >= 15 is 0 Å². The molecule has 0 aromatic heterocycles. The van der Waals surface area contributed by atoms with E-state index in [9.17, 15) is 18.0 Å². The lowest BCUT2D eigenvalue weighted by atomic mass is 9.69. The maximum atomic E-state index is 13.3. The summed E-state index contributed by atoms with van der Waals surface area (Å²) in [6.07, 6.45) is 11.4. The van der Waals surface area contributed by atoms with Crippen LogP contribution < -0.4 is 5.32 Å². The van der Waals surface area contributed by atoms with E-state index in [0.29, 0.717) is 12.6 Å². The molecule has 1 aromatic carbocycles. The molecule has 32 heavy (non-hydrogen) atoms. The summed E-state index contributed by atoms with van der Waals surface area (Å²) in [6, 6.07) is 2.72. The average molecular weight is 487 g/mol. The summed E-state index contributed by atoms with van der Waals surface area (Å²) in [4.78, 5) is 15.6. The molecule has 3 atom stereocenters. The van der Waals surface area contributed by atoms with Crippen LogP contribution in [0.25, 0.3) is 0 Å². The molecule has 2 fully saturated rings. The average Bonchev–Trinajstić information content (AvgIpc) is 2.77. The van der Waals surface area contributed by atoms with Gasteiger partial charge in [0.15, 0.2) is 0 Å². The van der Waals surface area contributed by atoms with Crippen molar-refractivity contribution < 1.29 is 18.0 Å². The number of rotatable bonds is 4. The molecule has 0 bridgehead atoms. The van der Waals surface area contributed by atoms with E-state index in [1.54, 1.807) is 0 Å². The number of amides is 1. The lowest BCUT2D eigenvalue weighted by Gasteiger charge is -2.52. The normalized spacial score (nSPS) is 28.4. The molecule has 3 unspecified atom stereocenters. The SMILES string of the molecule is O=C(NCC1(C2CCCC3CCCCN32)C=CC=CC1)c1c(Cl)ccc(C(F)(F)F)c1Cl. The zero-order chi connectivity index (χ0) is 22.9. The van der Waals surface area contributed by atoms with Gasteiger partial charge >= 0.3 is 6.18 Å². The van der Waals surface area contributed by atoms with E-state index < -0.39 is 22.7 Å². The third-order valence-electron chi connectivity index (χ3n) is 7.13. The van der Waals surface area contributed by atoms with Crippen molar-refractivity contribution in [1.29, 1.82) is 0 Å². The maximum absolute atomic E-state index is 13.3. The number of piperidine rings is 2. The number of halogens is 5. The van der Waals surface area contributed by atoms with Crippen molar-refractivity contribution in [2.45, 2.75) is 63.2 Å². The number of hydrogen-bond donors (Lipinski definition) is 1. The quantitative estimate of drug-likeness (QED) is 0.516. The Bertz CT molecular complexity index is 929. The fraction of sp³-hybridized carbons (Fsp3) is 0.542.